The predicted molar refractivity (Wildman–Crippen MR) is 36.5 cm³/mol. The molecule has 0 nitrogen and oxygen atoms in total. The molecule has 0 aliphatic carbocycles. The molecule has 0 unspecified atom stereocenters. The standard InChI is InChI=1S/C2H4Br2.BrH.Ti/c3-1-2-4;;/h1-2H2;1H;/q;;+1/p-1. The Hall–Kier alpha value is 2.15. The van der Waals surface area contributed by atoms with E-state index in [2.05, 4.69) is 45.0 Å². The summed E-state index contributed by atoms with van der Waals surface area (Å²) in [6.07, 6.45) is 0. The van der Waals surface area contributed by atoms with Crippen LogP contribution in [0.25, 0.3) is 0 Å². The van der Waals surface area contributed by atoms with Crippen molar-refractivity contribution >= 4 is 45.0 Å². The number of rotatable bonds is 1. The Kier molecular flexibility index (Phi) is 28.8. The van der Waals surface area contributed by atoms with Gasteiger partial charge in [-0.1, -0.05) is 31.9 Å². The van der Waals surface area contributed by atoms with Crippen LogP contribution in [-0.2, 0) is 18.3 Å². The van der Waals surface area contributed by atoms with Crippen molar-refractivity contribution in [3.05, 3.63) is 0 Å². The molecule has 0 amide bonds. The molecule has 0 bridgehead atoms. The first kappa shape index (κ1) is 11.0. The van der Waals surface area contributed by atoms with Crippen LogP contribution in [-0.4, -0.2) is 10.7 Å². The van der Waals surface area contributed by atoms with E-state index in [9.17, 15) is 0 Å². The van der Waals surface area contributed by atoms with Crippen LogP contribution < -0.4 is 0 Å². The first-order chi connectivity index (χ1) is 2.91. The summed E-state index contributed by atoms with van der Waals surface area (Å²) in [5.41, 5.74) is 0. The zero-order valence-corrected chi connectivity index (χ0v) is 9.37. The minimum absolute atomic E-state index is 1.05. The number of hydrogen-bond donors (Lipinski definition) is 0. The van der Waals surface area contributed by atoms with Crippen LogP contribution in [0.4, 0.5) is 0 Å². The summed E-state index contributed by atoms with van der Waals surface area (Å²) >= 11 is 11.2. The van der Waals surface area contributed by atoms with Crippen LogP contribution in [0.3, 0.4) is 0 Å². The van der Waals surface area contributed by atoms with Crippen molar-refractivity contribution in [3.8, 4) is 0 Å². The molecule has 0 aromatic heterocycles. The number of halogens is 3. The topological polar surface area (TPSA) is 0 Å². The molecule has 37 valence electrons. The molecule has 0 aliphatic heterocycles. The average Bonchev–Trinajstić information content (AvgIpc) is 1.72. The van der Waals surface area contributed by atoms with E-state index < -0.39 is 0 Å². The summed E-state index contributed by atoms with van der Waals surface area (Å²) in [5.74, 6) is 0. The van der Waals surface area contributed by atoms with Gasteiger partial charge in [-0.05, 0) is 0 Å². The Bertz CT molecular complexity index is 10.8. The van der Waals surface area contributed by atoms with Gasteiger partial charge in [-0.25, -0.2) is 0 Å². The van der Waals surface area contributed by atoms with Crippen molar-refractivity contribution in [2.24, 2.45) is 0 Å². The van der Waals surface area contributed by atoms with Gasteiger partial charge in [-0.3, -0.25) is 0 Å². The summed E-state index contributed by atoms with van der Waals surface area (Å²) in [7, 11) is 0. The molecule has 0 saturated heterocycles. The summed E-state index contributed by atoms with van der Waals surface area (Å²) in [5, 5.41) is 2.10. The Morgan fingerprint density at radius 2 is 1.17 bits per heavy atom. The van der Waals surface area contributed by atoms with Gasteiger partial charge in [0.1, 0.15) is 0 Å². The molecular weight excluding hydrogens is 312 g/mol. The fourth-order valence-electron chi connectivity index (χ4n) is 0. The Labute approximate surface area is 73.2 Å². The van der Waals surface area contributed by atoms with E-state index in [1.54, 1.807) is 0 Å². The van der Waals surface area contributed by atoms with Crippen molar-refractivity contribution in [2.45, 2.75) is 0 Å². The number of hydrogen-bond acceptors (Lipinski definition) is 0. The molecule has 0 radical (unpaired) electrons. The van der Waals surface area contributed by atoms with Crippen molar-refractivity contribution in [3.63, 3.8) is 0 Å². The van der Waals surface area contributed by atoms with Crippen LogP contribution in [0.15, 0.2) is 0 Å². The maximum absolute atomic E-state index is 3.20. The van der Waals surface area contributed by atoms with Crippen LogP contribution in [0.2, 0.25) is 0 Å². The zero-order valence-electron chi connectivity index (χ0n) is 3.05. The first-order valence-electron chi connectivity index (χ1n) is 1.22. The normalized spacial score (nSPS) is 5.67. The second-order valence-electron chi connectivity index (χ2n) is 0.378. The SMILES string of the molecule is BrCCBr.[Ti][Br]. The molecule has 4 heteroatoms. The van der Waals surface area contributed by atoms with Gasteiger partial charge in [0.2, 0.25) is 0 Å². The molecule has 0 aromatic carbocycles. The van der Waals surface area contributed by atoms with Crippen LogP contribution in [0, 0.1) is 0 Å². The van der Waals surface area contributed by atoms with E-state index in [1.165, 1.54) is 0 Å². The fourth-order valence-corrected chi connectivity index (χ4v) is 0. The van der Waals surface area contributed by atoms with Gasteiger partial charge in [0.05, 0.1) is 0 Å². The summed E-state index contributed by atoms with van der Waals surface area (Å²) in [6, 6.07) is 0. The zero-order chi connectivity index (χ0) is 5.41. The predicted octanol–water partition coefficient (Wildman–Crippen LogP) is 2.62. The minimum atomic E-state index is 1.05. The molecule has 0 N–H and O–H groups in total. The molecule has 0 atom stereocenters. The Morgan fingerprint density at radius 3 is 1.17 bits per heavy atom. The maximum atomic E-state index is 3.20. The molecule has 0 fully saturated rings. The average molecular weight is 316 g/mol. The van der Waals surface area contributed by atoms with Gasteiger partial charge in [0, 0.05) is 10.7 Å². The monoisotopic (exact) mass is 313 g/mol. The van der Waals surface area contributed by atoms with E-state index in [4.69, 9.17) is 0 Å². The summed E-state index contributed by atoms with van der Waals surface area (Å²) < 4.78 is 0. The third-order valence-electron chi connectivity index (χ3n) is 0.0714. The van der Waals surface area contributed by atoms with E-state index in [-0.39, 0.29) is 0 Å². The molecule has 0 spiro atoms. The van der Waals surface area contributed by atoms with E-state index in [1.807, 2.05) is 18.3 Å². The molecule has 6 heavy (non-hydrogen) atoms. The quantitative estimate of drug-likeness (QED) is 0.515. The summed E-state index contributed by atoms with van der Waals surface area (Å²) in [4.78, 5) is 0. The van der Waals surface area contributed by atoms with Gasteiger partial charge in [0.25, 0.3) is 0 Å². The summed E-state index contributed by atoms with van der Waals surface area (Å²) in [6.45, 7) is 0. The number of alkyl halides is 2. The van der Waals surface area contributed by atoms with E-state index in [0.717, 1.165) is 10.7 Å². The molecule has 0 heterocycles. The fraction of sp³-hybridized carbons (Fsp3) is 1.00. The van der Waals surface area contributed by atoms with Gasteiger partial charge < -0.3 is 0 Å². The van der Waals surface area contributed by atoms with Crippen LogP contribution in [0.5, 0.6) is 0 Å². The molecular formula is C2H4Br3Ti. The Balaban J connectivity index is 0. The Morgan fingerprint density at radius 1 is 1.00 bits per heavy atom. The molecule has 0 saturated carbocycles. The molecule has 0 rings (SSSR count). The second-order valence-corrected chi connectivity index (χ2v) is 1.96. The van der Waals surface area contributed by atoms with Crippen molar-refractivity contribution in [1.82, 2.24) is 0 Å². The van der Waals surface area contributed by atoms with Crippen molar-refractivity contribution in [2.75, 3.05) is 10.7 Å². The van der Waals surface area contributed by atoms with E-state index in [0.29, 0.717) is 0 Å². The van der Waals surface area contributed by atoms with Gasteiger partial charge in [0.15, 0.2) is 0 Å². The second kappa shape index (κ2) is 15.7. The van der Waals surface area contributed by atoms with Crippen LogP contribution in [0.1, 0.15) is 0 Å². The van der Waals surface area contributed by atoms with Crippen molar-refractivity contribution in [1.29, 1.82) is 0 Å². The van der Waals surface area contributed by atoms with Gasteiger partial charge in [-0.15, -0.1) is 0 Å². The third-order valence-corrected chi connectivity index (χ3v) is 1.93. The van der Waals surface area contributed by atoms with Crippen molar-refractivity contribution < 1.29 is 18.3 Å². The third kappa shape index (κ3) is 16.4. The molecule has 0 aliphatic rings. The van der Waals surface area contributed by atoms with Gasteiger partial charge >= 0.3 is 31.5 Å². The van der Waals surface area contributed by atoms with E-state index >= 15 is 0 Å². The molecule has 0 aromatic rings. The first-order valence-corrected chi connectivity index (χ1v) is 7.33. The van der Waals surface area contributed by atoms with Crippen LogP contribution >= 0.6 is 45.0 Å². The van der Waals surface area contributed by atoms with Gasteiger partial charge in [-0.2, -0.15) is 0 Å².